The first-order valence-corrected chi connectivity index (χ1v) is 20.7. The van der Waals surface area contributed by atoms with Crippen molar-refractivity contribution in [2.45, 2.75) is 83.9 Å². The molecule has 57 heavy (non-hydrogen) atoms. The van der Waals surface area contributed by atoms with Gasteiger partial charge >= 0.3 is 0 Å². The highest BCUT2D eigenvalue weighted by Crippen LogP contribution is 2.51. The van der Waals surface area contributed by atoms with Gasteiger partial charge in [0.15, 0.2) is 11.9 Å². The number of quaternary nitrogens is 1. The van der Waals surface area contributed by atoms with E-state index in [1.165, 1.54) is 16.7 Å². The normalized spacial score (nSPS) is 21.4. The summed E-state index contributed by atoms with van der Waals surface area (Å²) < 4.78 is 8.41. The van der Waals surface area contributed by atoms with Crippen molar-refractivity contribution in [1.82, 2.24) is 15.0 Å². The molecular formula is C50H54ClN4O2+. The summed E-state index contributed by atoms with van der Waals surface area (Å²) >= 11 is 7.20. The lowest BCUT2D eigenvalue weighted by Crippen LogP contribution is -2.68. The molecule has 0 radical (unpaired) electrons. The van der Waals surface area contributed by atoms with Crippen LogP contribution in [0.25, 0.3) is 33.4 Å². The predicted molar refractivity (Wildman–Crippen MR) is 232 cm³/mol. The van der Waals surface area contributed by atoms with Crippen LogP contribution in [0.5, 0.6) is 11.6 Å². The third kappa shape index (κ3) is 7.70. The van der Waals surface area contributed by atoms with Crippen molar-refractivity contribution < 1.29 is 14.3 Å². The van der Waals surface area contributed by atoms with Gasteiger partial charge in [-0.1, -0.05) is 126 Å². The molecule has 0 spiro atoms. The molecular weight excluding hydrogens is 724 g/mol. The summed E-state index contributed by atoms with van der Waals surface area (Å²) in [5.74, 6) is 1.97. The molecule has 1 unspecified atom stereocenters. The minimum atomic E-state index is -0.476. The molecule has 3 aliphatic rings. The minimum Gasteiger partial charge on any atom is -0.508 e. The van der Waals surface area contributed by atoms with Crippen molar-refractivity contribution in [2.75, 3.05) is 13.1 Å². The van der Waals surface area contributed by atoms with E-state index in [0.717, 1.165) is 64.6 Å². The number of phenolic OH excluding ortho intramolecular Hbond substituents is 1. The Kier molecular flexibility index (Phi) is 10.2. The Balaban J connectivity index is 1.35. The Labute approximate surface area is 342 Å². The Morgan fingerprint density at radius 2 is 1.53 bits per heavy atom. The molecule has 3 aliphatic heterocycles. The average Bonchev–Trinajstić information content (AvgIpc) is 3.19. The second kappa shape index (κ2) is 15.0. The zero-order valence-corrected chi connectivity index (χ0v) is 34.8. The number of fused-ring (bicyclic) bond motifs is 4. The van der Waals surface area contributed by atoms with Gasteiger partial charge in [-0.3, -0.25) is 4.98 Å². The standard InChI is InChI=1S/C50H53ClN4O2/c1-8-33-31-55(30-32-25-37(49(2,3)4)28-38(26-32)50(5,6)7)24-22-36(33)27-43(55)45(40-21-23-52-42-20-19-39(56)29-41(40)42)57-48-44(34-15-11-9-12-16-34)46(51)53-47(54-48)35-17-13-10-14-18-35/h8-21,23,25-26,28-29,33,36,43,45H,1,22,24,27,30-31H2,2-7H3/p+1/t33-,36-,43+,45?,55+/m0/s1. The molecule has 292 valence electrons. The van der Waals surface area contributed by atoms with E-state index in [1.54, 1.807) is 6.07 Å². The minimum absolute atomic E-state index is 0.00581. The number of benzene rings is 4. The molecule has 2 bridgehead atoms. The number of pyridine rings is 1. The molecule has 5 atom stereocenters. The molecule has 2 aromatic heterocycles. The van der Waals surface area contributed by atoms with Crippen LogP contribution in [0.2, 0.25) is 5.15 Å². The van der Waals surface area contributed by atoms with Crippen molar-refractivity contribution in [2.24, 2.45) is 11.8 Å². The average molecular weight is 778 g/mol. The van der Waals surface area contributed by atoms with Gasteiger partial charge in [0.2, 0.25) is 5.88 Å². The van der Waals surface area contributed by atoms with E-state index in [2.05, 4.69) is 78.5 Å². The lowest BCUT2D eigenvalue weighted by atomic mass is 9.70. The SMILES string of the molecule is C=C[C@H]1C[N@+]2(Cc3cc(C(C)(C)C)cc(C(C)(C)C)c3)CC[C@H]1C[C@@H]2C(Oc1nc(-c2ccccc2)nc(Cl)c1-c1ccccc1)c1ccnc2ccc(O)cc12. The summed E-state index contributed by atoms with van der Waals surface area (Å²) in [4.78, 5) is 14.8. The highest BCUT2D eigenvalue weighted by atomic mass is 35.5. The van der Waals surface area contributed by atoms with Crippen molar-refractivity contribution in [1.29, 1.82) is 0 Å². The van der Waals surface area contributed by atoms with E-state index in [9.17, 15) is 5.11 Å². The van der Waals surface area contributed by atoms with Gasteiger partial charge in [-0.05, 0) is 69.8 Å². The summed E-state index contributed by atoms with van der Waals surface area (Å²) in [6.45, 7) is 21.0. The number of halogens is 1. The topological polar surface area (TPSA) is 68.1 Å². The fraction of sp³-hybridized carbons (Fsp3) is 0.340. The quantitative estimate of drug-likeness (QED) is 0.0899. The molecule has 0 amide bonds. The van der Waals surface area contributed by atoms with Crippen LogP contribution < -0.4 is 4.74 Å². The molecule has 4 aromatic carbocycles. The molecule has 0 saturated carbocycles. The number of rotatable bonds is 9. The summed E-state index contributed by atoms with van der Waals surface area (Å²) in [7, 11) is 0. The van der Waals surface area contributed by atoms with Crippen LogP contribution in [0.15, 0.2) is 122 Å². The highest BCUT2D eigenvalue weighted by Gasteiger charge is 2.55. The van der Waals surface area contributed by atoms with Crippen LogP contribution in [-0.4, -0.2) is 43.7 Å². The van der Waals surface area contributed by atoms with Crippen molar-refractivity contribution in [3.05, 3.63) is 149 Å². The molecule has 1 N–H and O–H groups in total. The monoisotopic (exact) mass is 777 g/mol. The van der Waals surface area contributed by atoms with Gasteiger partial charge in [0.25, 0.3) is 0 Å². The van der Waals surface area contributed by atoms with E-state index in [1.807, 2.05) is 79.0 Å². The highest BCUT2D eigenvalue weighted by molar-refractivity contribution is 6.32. The largest absolute Gasteiger partial charge is 0.508 e. The summed E-state index contributed by atoms with van der Waals surface area (Å²) in [6, 6.07) is 34.8. The first-order chi connectivity index (χ1) is 27.2. The van der Waals surface area contributed by atoms with Gasteiger partial charge in [-0.15, -0.1) is 6.58 Å². The number of ether oxygens (including phenoxy) is 1. The molecule has 3 saturated heterocycles. The van der Waals surface area contributed by atoms with Gasteiger partial charge in [-0.25, -0.2) is 4.98 Å². The molecule has 7 heteroatoms. The second-order valence-electron chi connectivity index (χ2n) is 18.3. The maximum atomic E-state index is 10.9. The molecule has 6 aromatic rings. The molecule has 5 heterocycles. The summed E-state index contributed by atoms with van der Waals surface area (Å²) in [5.41, 5.74) is 8.19. The third-order valence-electron chi connectivity index (χ3n) is 12.5. The van der Waals surface area contributed by atoms with Crippen LogP contribution in [0, 0.1) is 11.8 Å². The van der Waals surface area contributed by atoms with Gasteiger partial charge in [0.05, 0.1) is 24.2 Å². The lowest BCUT2D eigenvalue weighted by Gasteiger charge is -2.58. The first-order valence-electron chi connectivity index (χ1n) is 20.3. The molecule has 6 nitrogen and oxygen atoms in total. The third-order valence-corrected chi connectivity index (χ3v) is 12.8. The summed E-state index contributed by atoms with van der Waals surface area (Å²) in [5, 5.41) is 12.1. The number of piperidine rings is 3. The molecule has 0 aliphatic carbocycles. The first kappa shape index (κ1) is 38.8. The number of aromatic hydroxyl groups is 1. The van der Waals surface area contributed by atoms with Gasteiger partial charge in [0.1, 0.15) is 23.5 Å². The van der Waals surface area contributed by atoms with Crippen LogP contribution in [0.1, 0.15) is 82.7 Å². The number of aromatic nitrogens is 3. The predicted octanol–water partition coefficient (Wildman–Crippen LogP) is 12.0. The van der Waals surface area contributed by atoms with Gasteiger partial charge in [0, 0.05) is 47.0 Å². The number of hydrogen-bond acceptors (Lipinski definition) is 5. The van der Waals surface area contributed by atoms with E-state index in [-0.39, 0.29) is 22.6 Å². The van der Waals surface area contributed by atoms with Crippen LogP contribution >= 0.6 is 11.6 Å². The van der Waals surface area contributed by atoms with Gasteiger partial charge < -0.3 is 14.3 Å². The van der Waals surface area contributed by atoms with Gasteiger partial charge in [-0.2, -0.15) is 4.98 Å². The van der Waals surface area contributed by atoms with Crippen molar-refractivity contribution >= 4 is 22.5 Å². The van der Waals surface area contributed by atoms with Crippen molar-refractivity contribution in [3.8, 4) is 34.1 Å². The Bertz CT molecular complexity index is 2390. The smallest absolute Gasteiger partial charge is 0.227 e. The second-order valence-corrected chi connectivity index (χ2v) is 18.7. The number of nitrogens with zero attached hydrogens (tertiary/aromatic N) is 4. The maximum absolute atomic E-state index is 10.9. The van der Waals surface area contributed by atoms with E-state index < -0.39 is 6.10 Å². The Morgan fingerprint density at radius 1 is 0.860 bits per heavy atom. The Hall–Kier alpha value is -5.04. The van der Waals surface area contributed by atoms with Crippen LogP contribution in [0.3, 0.4) is 0 Å². The fourth-order valence-electron chi connectivity index (χ4n) is 9.31. The zero-order valence-electron chi connectivity index (χ0n) is 34.0. The number of hydrogen-bond donors (Lipinski definition) is 1. The van der Waals surface area contributed by atoms with Crippen LogP contribution in [-0.2, 0) is 17.4 Å². The van der Waals surface area contributed by atoms with E-state index in [4.69, 9.17) is 31.3 Å². The van der Waals surface area contributed by atoms with E-state index >= 15 is 0 Å². The number of phenols is 1. The zero-order chi connectivity index (χ0) is 40.1. The Morgan fingerprint density at radius 3 is 2.18 bits per heavy atom. The van der Waals surface area contributed by atoms with Crippen molar-refractivity contribution in [3.63, 3.8) is 0 Å². The fourth-order valence-corrected chi connectivity index (χ4v) is 9.58. The summed E-state index contributed by atoms with van der Waals surface area (Å²) in [6.07, 6.45) is 5.64. The molecule has 9 rings (SSSR count). The van der Waals surface area contributed by atoms with E-state index in [0.29, 0.717) is 34.3 Å². The molecule has 3 fully saturated rings. The maximum Gasteiger partial charge on any atom is 0.227 e. The lowest BCUT2D eigenvalue weighted by molar-refractivity contribution is -0.984. The van der Waals surface area contributed by atoms with Crippen LogP contribution in [0.4, 0.5) is 0 Å².